The number of piperidine rings is 1. The number of hydrogen-bond acceptors (Lipinski definition) is 1. The van der Waals surface area contributed by atoms with Crippen molar-refractivity contribution in [1.82, 2.24) is 4.90 Å². The van der Waals surface area contributed by atoms with E-state index >= 15 is 0 Å². The summed E-state index contributed by atoms with van der Waals surface area (Å²) in [4.78, 5) is 12.4. The summed E-state index contributed by atoms with van der Waals surface area (Å²) in [5.74, 6) is 0.347. The summed E-state index contributed by atoms with van der Waals surface area (Å²) in [5.41, 5.74) is 1.17. The molecule has 3 nitrogen and oxygen atoms in total. The van der Waals surface area contributed by atoms with E-state index in [4.69, 9.17) is 5.11 Å². The summed E-state index contributed by atoms with van der Waals surface area (Å²) < 4.78 is 0. The Balaban J connectivity index is 1.95. The number of benzene rings is 1. The molecule has 1 aliphatic heterocycles. The van der Waals surface area contributed by atoms with E-state index in [9.17, 15) is 4.79 Å². The maximum Gasteiger partial charge on any atom is 0.407 e. The minimum absolute atomic E-state index is 0.347. The average molecular weight is 231 g/mol. The van der Waals surface area contributed by atoms with E-state index in [0.717, 1.165) is 12.8 Å². The van der Waals surface area contributed by atoms with E-state index in [1.54, 1.807) is 0 Å². The molecule has 1 aliphatic rings. The Morgan fingerprint density at radius 2 is 2.12 bits per heavy atom. The lowest BCUT2D eigenvalue weighted by Gasteiger charge is -2.28. The summed E-state index contributed by atoms with van der Waals surface area (Å²) >= 11 is 0. The molecule has 0 radical (unpaired) electrons. The predicted molar refractivity (Wildman–Crippen MR) is 67.8 cm³/mol. The second-order valence-corrected chi connectivity index (χ2v) is 4.40. The third-order valence-corrected chi connectivity index (χ3v) is 3.09. The minimum atomic E-state index is -0.803. The highest BCUT2D eigenvalue weighted by molar-refractivity contribution is 5.65. The minimum Gasteiger partial charge on any atom is -0.465 e. The molecule has 2 rings (SSSR count). The van der Waals surface area contributed by atoms with Gasteiger partial charge in [0.25, 0.3) is 0 Å². The molecule has 3 heteroatoms. The quantitative estimate of drug-likeness (QED) is 0.849. The Bertz CT molecular complexity index is 400. The molecule has 1 N–H and O–H groups in total. The number of carboxylic acid groups (broad SMARTS) is 1. The number of hydrogen-bond donors (Lipinski definition) is 1. The van der Waals surface area contributed by atoms with Crippen LogP contribution in [0.4, 0.5) is 4.79 Å². The van der Waals surface area contributed by atoms with Gasteiger partial charge in [-0.3, -0.25) is 0 Å². The van der Waals surface area contributed by atoms with Gasteiger partial charge >= 0.3 is 6.09 Å². The molecule has 0 bridgehead atoms. The van der Waals surface area contributed by atoms with Crippen molar-refractivity contribution in [2.75, 3.05) is 13.1 Å². The summed E-state index contributed by atoms with van der Waals surface area (Å²) in [6, 6.07) is 10.1. The number of nitrogens with zero attached hydrogens (tertiary/aromatic N) is 1. The molecule has 0 spiro atoms. The Labute approximate surface area is 101 Å². The van der Waals surface area contributed by atoms with Crippen molar-refractivity contribution in [3.05, 3.63) is 42.0 Å². The normalized spacial score (nSPS) is 20.7. The fraction of sp³-hybridized carbons (Fsp3) is 0.357. The van der Waals surface area contributed by atoms with Crippen molar-refractivity contribution in [2.24, 2.45) is 5.92 Å². The van der Waals surface area contributed by atoms with E-state index in [1.807, 2.05) is 30.3 Å². The van der Waals surface area contributed by atoms with E-state index in [2.05, 4.69) is 12.2 Å². The van der Waals surface area contributed by atoms with Crippen LogP contribution in [0.5, 0.6) is 0 Å². The maximum atomic E-state index is 10.9. The smallest absolute Gasteiger partial charge is 0.407 e. The van der Waals surface area contributed by atoms with Gasteiger partial charge in [-0.1, -0.05) is 42.5 Å². The molecule has 1 atom stereocenters. The number of rotatable bonds is 2. The third-order valence-electron chi connectivity index (χ3n) is 3.09. The van der Waals surface area contributed by atoms with Crippen molar-refractivity contribution >= 4 is 12.2 Å². The Morgan fingerprint density at radius 3 is 2.82 bits per heavy atom. The van der Waals surface area contributed by atoms with Crippen LogP contribution < -0.4 is 0 Å². The van der Waals surface area contributed by atoms with Gasteiger partial charge in [-0.2, -0.15) is 0 Å². The van der Waals surface area contributed by atoms with Gasteiger partial charge in [-0.25, -0.2) is 4.79 Å². The standard InChI is InChI=1S/C14H17NO2/c16-14(17)15-10-4-7-13(11-15)9-8-12-5-2-1-3-6-12/h1-3,5-6,8-9,13H,4,7,10-11H2,(H,16,17)/b9-8+. The van der Waals surface area contributed by atoms with Crippen molar-refractivity contribution < 1.29 is 9.90 Å². The highest BCUT2D eigenvalue weighted by Gasteiger charge is 2.20. The maximum absolute atomic E-state index is 10.9. The molecule has 90 valence electrons. The van der Waals surface area contributed by atoms with Crippen LogP contribution in [0.1, 0.15) is 18.4 Å². The van der Waals surface area contributed by atoms with E-state index in [0.29, 0.717) is 19.0 Å². The van der Waals surface area contributed by atoms with Crippen LogP contribution >= 0.6 is 0 Å². The molecule has 1 heterocycles. The van der Waals surface area contributed by atoms with E-state index in [1.165, 1.54) is 10.5 Å². The van der Waals surface area contributed by atoms with Crippen LogP contribution in [0.2, 0.25) is 0 Å². The Kier molecular flexibility index (Phi) is 3.81. The molecule has 0 saturated carbocycles. The molecule has 1 amide bonds. The largest absolute Gasteiger partial charge is 0.465 e. The first kappa shape index (κ1) is 11.7. The SMILES string of the molecule is O=C(O)N1CCCC(/C=C/c2ccccc2)C1. The summed E-state index contributed by atoms with van der Waals surface area (Å²) in [7, 11) is 0. The fourth-order valence-electron chi connectivity index (χ4n) is 2.15. The number of carbonyl (C=O) groups is 1. The van der Waals surface area contributed by atoms with Crippen molar-refractivity contribution in [1.29, 1.82) is 0 Å². The van der Waals surface area contributed by atoms with Gasteiger partial charge < -0.3 is 10.0 Å². The molecule has 1 aromatic carbocycles. The molecule has 17 heavy (non-hydrogen) atoms. The van der Waals surface area contributed by atoms with Crippen LogP contribution in [-0.2, 0) is 0 Å². The van der Waals surface area contributed by atoms with Crippen molar-refractivity contribution in [2.45, 2.75) is 12.8 Å². The predicted octanol–water partition coefficient (Wildman–Crippen LogP) is 3.09. The molecule has 1 aromatic rings. The van der Waals surface area contributed by atoms with Crippen LogP contribution in [-0.4, -0.2) is 29.2 Å². The number of amides is 1. The molecule has 0 aromatic heterocycles. The van der Waals surface area contributed by atoms with Crippen LogP contribution in [0.25, 0.3) is 6.08 Å². The second-order valence-electron chi connectivity index (χ2n) is 4.40. The van der Waals surface area contributed by atoms with Gasteiger partial charge in [0.05, 0.1) is 0 Å². The highest BCUT2D eigenvalue weighted by atomic mass is 16.4. The van der Waals surface area contributed by atoms with Crippen LogP contribution in [0.3, 0.4) is 0 Å². The lowest BCUT2D eigenvalue weighted by molar-refractivity contribution is 0.127. The molecule has 1 unspecified atom stereocenters. The third kappa shape index (κ3) is 3.34. The lowest BCUT2D eigenvalue weighted by atomic mass is 9.97. The van der Waals surface area contributed by atoms with Crippen molar-refractivity contribution in [3.63, 3.8) is 0 Å². The van der Waals surface area contributed by atoms with Gasteiger partial charge in [-0.15, -0.1) is 0 Å². The second kappa shape index (κ2) is 5.53. The monoisotopic (exact) mass is 231 g/mol. The van der Waals surface area contributed by atoms with Crippen LogP contribution in [0, 0.1) is 5.92 Å². The molecule has 0 aliphatic carbocycles. The van der Waals surface area contributed by atoms with Crippen LogP contribution in [0.15, 0.2) is 36.4 Å². The zero-order valence-electron chi connectivity index (χ0n) is 9.75. The molecular weight excluding hydrogens is 214 g/mol. The fourth-order valence-corrected chi connectivity index (χ4v) is 2.15. The van der Waals surface area contributed by atoms with Gasteiger partial charge in [0.1, 0.15) is 0 Å². The zero-order chi connectivity index (χ0) is 12.1. The van der Waals surface area contributed by atoms with Gasteiger partial charge in [-0.05, 0) is 24.3 Å². The van der Waals surface area contributed by atoms with Gasteiger partial charge in [0.15, 0.2) is 0 Å². The summed E-state index contributed by atoms with van der Waals surface area (Å²) in [6.07, 6.45) is 5.44. The molecule has 1 saturated heterocycles. The molecule has 1 fully saturated rings. The zero-order valence-corrected chi connectivity index (χ0v) is 9.75. The highest BCUT2D eigenvalue weighted by Crippen LogP contribution is 2.18. The summed E-state index contributed by atoms with van der Waals surface area (Å²) in [5, 5.41) is 8.94. The number of likely N-dealkylation sites (tertiary alicyclic amines) is 1. The van der Waals surface area contributed by atoms with Crippen molar-refractivity contribution in [3.8, 4) is 0 Å². The first-order valence-electron chi connectivity index (χ1n) is 5.97. The summed E-state index contributed by atoms with van der Waals surface area (Å²) in [6.45, 7) is 1.30. The van der Waals surface area contributed by atoms with Gasteiger partial charge in [0.2, 0.25) is 0 Å². The lowest BCUT2D eigenvalue weighted by Crippen LogP contribution is -2.38. The van der Waals surface area contributed by atoms with E-state index < -0.39 is 6.09 Å². The first-order chi connectivity index (χ1) is 8.25. The Hall–Kier alpha value is -1.77. The van der Waals surface area contributed by atoms with E-state index in [-0.39, 0.29) is 0 Å². The molecular formula is C14H17NO2. The topological polar surface area (TPSA) is 40.5 Å². The van der Waals surface area contributed by atoms with Gasteiger partial charge in [0, 0.05) is 13.1 Å². The Morgan fingerprint density at radius 1 is 1.35 bits per heavy atom. The first-order valence-corrected chi connectivity index (χ1v) is 5.97. The average Bonchev–Trinajstić information content (AvgIpc) is 2.38.